The summed E-state index contributed by atoms with van der Waals surface area (Å²) in [6.45, 7) is 3.96. The fraction of sp³-hybridized carbons (Fsp3) is 0.615. The quantitative estimate of drug-likeness (QED) is 0.709. The fourth-order valence-electron chi connectivity index (χ4n) is 2.77. The van der Waals surface area contributed by atoms with Crippen LogP contribution in [0.1, 0.15) is 37.9 Å². The van der Waals surface area contributed by atoms with Gasteiger partial charge < -0.3 is 9.47 Å². The third kappa shape index (κ3) is 1.38. The van der Waals surface area contributed by atoms with Crippen LogP contribution in [0.3, 0.4) is 0 Å². The number of carbonyl (C=O) groups is 1. The molecule has 2 aliphatic rings. The zero-order valence-corrected chi connectivity index (χ0v) is 9.72. The Hall–Kier alpha value is -1.25. The van der Waals surface area contributed by atoms with Crippen LogP contribution < -0.4 is 0 Å². The molecule has 0 aromatic carbocycles. The number of nitrogens with zero attached hydrogens (tertiary/aromatic N) is 2. The van der Waals surface area contributed by atoms with Crippen LogP contribution in [0.2, 0.25) is 0 Å². The van der Waals surface area contributed by atoms with Gasteiger partial charge in [-0.25, -0.2) is 0 Å². The summed E-state index contributed by atoms with van der Waals surface area (Å²) in [5, 5.41) is 0. The Balaban J connectivity index is 1.81. The van der Waals surface area contributed by atoms with Crippen molar-refractivity contribution >= 4 is 5.91 Å². The molecule has 1 atom stereocenters. The lowest BCUT2D eigenvalue weighted by Crippen LogP contribution is -2.45. The van der Waals surface area contributed by atoms with E-state index in [0.717, 1.165) is 25.9 Å². The Morgan fingerprint density at radius 3 is 2.88 bits per heavy atom. The summed E-state index contributed by atoms with van der Waals surface area (Å²) in [5.74, 6) is 0.704. The second kappa shape index (κ2) is 3.65. The molecule has 0 radical (unpaired) electrons. The highest BCUT2D eigenvalue weighted by atomic mass is 16.2. The smallest absolute Gasteiger partial charge is 0.226 e. The van der Waals surface area contributed by atoms with Gasteiger partial charge in [0.05, 0.1) is 6.04 Å². The van der Waals surface area contributed by atoms with E-state index in [-0.39, 0.29) is 6.04 Å². The summed E-state index contributed by atoms with van der Waals surface area (Å²) in [6, 6.07) is 4.45. The van der Waals surface area contributed by atoms with Crippen LogP contribution in [0.5, 0.6) is 0 Å². The Morgan fingerprint density at radius 2 is 2.19 bits per heavy atom. The maximum atomic E-state index is 12.2. The van der Waals surface area contributed by atoms with Gasteiger partial charge in [-0.15, -0.1) is 0 Å². The molecule has 0 bridgehead atoms. The van der Waals surface area contributed by atoms with E-state index in [1.807, 2.05) is 0 Å². The zero-order chi connectivity index (χ0) is 11.1. The minimum Gasteiger partial charge on any atom is -0.348 e. The van der Waals surface area contributed by atoms with Crippen molar-refractivity contribution in [2.45, 2.75) is 38.8 Å². The van der Waals surface area contributed by atoms with E-state index in [4.69, 9.17) is 0 Å². The summed E-state index contributed by atoms with van der Waals surface area (Å²) in [7, 11) is 0. The SMILES string of the molecule is CC1c2cccn2CCN1C(=O)C1CCC1. The van der Waals surface area contributed by atoms with E-state index in [9.17, 15) is 4.79 Å². The lowest BCUT2D eigenvalue weighted by Gasteiger charge is -2.39. The molecule has 1 unspecified atom stereocenters. The van der Waals surface area contributed by atoms with E-state index in [0.29, 0.717) is 11.8 Å². The molecule has 16 heavy (non-hydrogen) atoms. The molecule has 1 aromatic heterocycles. The molecule has 2 heterocycles. The Labute approximate surface area is 96.0 Å². The van der Waals surface area contributed by atoms with Crippen LogP contribution in [0.4, 0.5) is 0 Å². The van der Waals surface area contributed by atoms with Crippen molar-refractivity contribution in [3.8, 4) is 0 Å². The molecule has 1 fully saturated rings. The van der Waals surface area contributed by atoms with Crippen LogP contribution in [-0.4, -0.2) is 21.9 Å². The molecule has 1 amide bonds. The number of aromatic nitrogens is 1. The molecule has 1 aromatic rings. The van der Waals surface area contributed by atoms with Gasteiger partial charge in [0.1, 0.15) is 0 Å². The van der Waals surface area contributed by atoms with Gasteiger partial charge in [0.15, 0.2) is 0 Å². The lowest BCUT2D eigenvalue weighted by atomic mass is 9.84. The van der Waals surface area contributed by atoms with Gasteiger partial charge in [0.25, 0.3) is 0 Å². The molecule has 0 spiro atoms. The normalized spacial score (nSPS) is 25.1. The van der Waals surface area contributed by atoms with E-state index >= 15 is 0 Å². The summed E-state index contributed by atoms with van der Waals surface area (Å²) in [4.78, 5) is 14.3. The standard InChI is InChI=1S/C13H18N2O/c1-10-12-6-3-7-14(12)8-9-15(10)13(16)11-4-2-5-11/h3,6-7,10-11H,2,4-5,8-9H2,1H3. The van der Waals surface area contributed by atoms with E-state index in [1.165, 1.54) is 12.1 Å². The summed E-state index contributed by atoms with van der Waals surface area (Å²) in [6.07, 6.45) is 5.54. The Bertz CT molecular complexity index is 406. The van der Waals surface area contributed by atoms with Gasteiger partial charge in [0, 0.05) is 30.9 Å². The molecule has 3 nitrogen and oxygen atoms in total. The van der Waals surface area contributed by atoms with Crippen molar-refractivity contribution in [3.05, 3.63) is 24.0 Å². The minimum atomic E-state index is 0.247. The molecule has 0 saturated heterocycles. The number of carbonyl (C=O) groups excluding carboxylic acids is 1. The Kier molecular flexibility index (Phi) is 2.27. The average Bonchev–Trinajstić information content (AvgIpc) is 2.63. The zero-order valence-electron chi connectivity index (χ0n) is 9.72. The van der Waals surface area contributed by atoms with Gasteiger partial charge in [-0.3, -0.25) is 4.79 Å². The van der Waals surface area contributed by atoms with Crippen molar-refractivity contribution in [3.63, 3.8) is 0 Å². The topological polar surface area (TPSA) is 25.2 Å². The highest BCUT2D eigenvalue weighted by molar-refractivity contribution is 5.80. The summed E-state index contributed by atoms with van der Waals surface area (Å²) < 4.78 is 2.26. The maximum absolute atomic E-state index is 12.2. The second-order valence-corrected chi connectivity index (χ2v) is 4.96. The van der Waals surface area contributed by atoms with Crippen molar-refractivity contribution in [2.75, 3.05) is 6.54 Å². The molecular formula is C13H18N2O. The van der Waals surface area contributed by atoms with Gasteiger partial charge in [-0.2, -0.15) is 0 Å². The highest BCUT2D eigenvalue weighted by Gasteiger charge is 2.34. The van der Waals surface area contributed by atoms with Crippen LogP contribution in [0.25, 0.3) is 0 Å². The molecule has 1 aliphatic carbocycles. The first-order valence-corrected chi connectivity index (χ1v) is 6.23. The van der Waals surface area contributed by atoms with Crippen LogP contribution in [0, 0.1) is 5.92 Å². The molecule has 1 aliphatic heterocycles. The molecular weight excluding hydrogens is 200 g/mol. The van der Waals surface area contributed by atoms with Gasteiger partial charge in [-0.05, 0) is 31.9 Å². The first kappa shape index (κ1) is 9.94. The Morgan fingerprint density at radius 1 is 1.38 bits per heavy atom. The molecule has 1 saturated carbocycles. The largest absolute Gasteiger partial charge is 0.348 e. The molecule has 0 N–H and O–H groups in total. The molecule has 3 heteroatoms. The van der Waals surface area contributed by atoms with Crippen molar-refractivity contribution in [2.24, 2.45) is 5.92 Å². The van der Waals surface area contributed by atoms with Gasteiger partial charge >= 0.3 is 0 Å². The number of fused-ring (bicyclic) bond motifs is 1. The lowest BCUT2D eigenvalue weighted by molar-refractivity contribution is -0.141. The number of amides is 1. The van der Waals surface area contributed by atoms with Crippen molar-refractivity contribution in [1.29, 1.82) is 0 Å². The fourth-order valence-corrected chi connectivity index (χ4v) is 2.77. The maximum Gasteiger partial charge on any atom is 0.226 e. The van der Waals surface area contributed by atoms with Crippen molar-refractivity contribution in [1.82, 2.24) is 9.47 Å². The monoisotopic (exact) mass is 218 g/mol. The number of hydrogen-bond acceptors (Lipinski definition) is 1. The van der Waals surface area contributed by atoms with Crippen LogP contribution >= 0.6 is 0 Å². The summed E-state index contributed by atoms with van der Waals surface area (Å²) >= 11 is 0. The summed E-state index contributed by atoms with van der Waals surface area (Å²) in [5.41, 5.74) is 1.28. The van der Waals surface area contributed by atoms with Gasteiger partial charge in [-0.1, -0.05) is 6.42 Å². The van der Waals surface area contributed by atoms with Crippen LogP contribution in [-0.2, 0) is 11.3 Å². The first-order valence-electron chi connectivity index (χ1n) is 6.23. The van der Waals surface area contributed by atoms with E-state index in [1.54, 1.807) is 0 Å². The highest BCUT2D eigenvalue weighted by Crippen LogP contribution is 2.33. The third-order valence-corrected chi connectivity index (χ3v) is 4.08. The van der Waals surface area contributed by atoms with Crippen molar-refractivity contribution < 1.29 is 4.79 Å². The molecule has 86 valence electrons. The average molecular weight is 218 g/mol. The first-order chi connectivity index (χ1) is 7.77. The van der Waals surface area contributed by atoms with Crippen LogP contribution in [0.15, 0.2) is 18.3 Å². The number of hydrogen-bond donors (Lipinski definition) is 0. The van der Waals surface area contributed by atoms with Gasteiger partial charge in [0.2, 0.25) is 5.91 Å². The third-order valence-electron chi connectivity index (χ3n) is 4.08. The minimum absolute atomic E-state index is 0.247. The predicted molar refractivity (Wildman–Crippen MR) is 61.9 cm³/mol. The van der Waals surface area contributed by atoms with E-state index in [2.05, 4.69) is 34.7 Å². The van der Waals surface area contributed by atoms with E-state index < -0.39 is 0 Å². The molecule has 3 rings (SSSR count). The second-order valence-electron chi connectivity index (χ2n) is 4.96. The number of rotatable bonds is 1. The predicted octanol–water partition coefficient (Wildman–Crippen LogP) is 2.19.